The number of aliphatic hydroxyl groups is 1. The third-order valence-electron chi connectivity index (χ3n) is 3.09. The van der Waals surface area contributed by atoms with Gasteiger partial charge < -0.3 is 14.4 Å². The van der Waals surface area contributed by atoms with E-state index in [0.717, 1.165) is 5.69 Å². The summed E-state index contributed by atoms with van der Waals surface area (Å²) in [5.74, 6) is -0.737. The molecule has 6 nitrogen and oxygen atoms in total. The summed E-state index contributed by atoms with van der Waals surface area (Å²) >= 11 is 0. The number of aromatic nitrogens is 2. The van der Waals surface area contributed by atoms with Crippen molar-refractivity contribution in [3.05, 3.63) is 52.2 Å². The topological polar surface area (TPSA) is 73.5 Å². The van der Waals surface area contributed by atoms with Crippen LogP contribution in [0.25, 0.3) is 5.69 Å². The summed E-state index contributed by atoms with van der Waals surface area (Å²) < 4.78 is 7.48. The summed E-state index contributed by atoms with van der Waals surface area (Å²) in [6.07, 6.45) is 0.353. The first-order valence-electron chi connectivity index (χ1n) is 6.07. The van der Waals surface area contributed by atoms with Crippen LogP contribution in [0.2, 0.25) is 0 Å². The van der Waals surface area contributed by atoms with Gasteiger partial charge in [0.15, 0.2) is 6.10 Å². The molecule has 0 aliphatic rings. The first kappa shape index (κ1) is 14.1. The van der Waals surface area contributed by atoms with E-state index in [0.29, 0.717) is 11.3 Å². The van der Waals surface area contributed by atoms with Gasteiger partial charge in [0.2, 0.25) is 0 Å². The predicted molar refractivity (Wildman–Crippen MR) is 72.7 cm³/mol. The number of methoxy groups -OCH3 is 1. The molecule has 20 heavy (non-hydrogen) atoms. The molecule has 2 rings (SSSR count). The molecule has 0 spiro atoms. The molecular weight excluding hydrogens is 260 g/mol. The standard InChI is InChI=1S/C14H16N2O4/c1-9-8-15(2)14(19)16(9)11-6-4-5-10(7-11)12(17)13(18)20-3/h4-8,12,17H,1-3H3. The van der Waals surface area contributed by atoms with Crippen molar-refractivity contribution >= 4 is 5.97 Å². The number of carbonyl (C=O) groups excluding carboxylic acids is 1. The van der Waals surface area contributed by atoms with Crippen molar-refractivity contribution in [1.29, 1.82) is 0 Å². The third-order valence-corrected chi connectivity index (χ3v) is 3.09. The average Bonchev–Trinajstić information content (AvgIpc) is 2.70. The van der Waals surface area contributed by atoms with Crippen LogP contribution in [-0.2, 0) is 16.6 Å². The molecule has 6 heteroatoms. The molecule has 1 N–H and O–H groups in total. The van der Waals surface area contributed by atoms with Gasteiger partial charge >= 0.3 is 11.7 Å². The van der Waals surface area contributed by atoms with E-state index in [1.807, 2.05) is 6.92 Å². The van der Waals surface area contributed by atoms with E-state index in [-0.39, 0.29) is 5.69 Å². The summed E-state index contributed by atoms with van der Waals surface area (Å²) in [7, 11) is 2.88. The van der Waals surface area contributed by atoms with Crippen molar-refractivity contribution in [2.24, 2.45) is 7.05 Å². The average molecular weight is 276 g/mol. The van der Waals surface area contributed by atoms with Crippen LogP contribution in [0.3, 0.4) is 0 Å². The molecule has 1 aromatic carbocycles. The normalized spacial score (nSPS) is 12.2. The quantitative estimate of drug-likeness (QED) is 0.837. The van der Waals surface area contributed by atoms with E-state index < -0.39 is 12.1 Å². The fourth-order valence-electron chi connectivity index (χ4n) is 2.10. The Morgan fingerprint density at radius 3 is 2.65 bits per heavy atom. The van der Waals surface area contributed by atoms with Gasteiger partial charge in [-0.15, -0.1) is 0 Å². The SMILES string of the molecule is COC(=O)C(O)c1cccc(-n2c(C)cn(C)c2=O)c1. The molecular formula is C14H16N2O4. The van der Waals surface area contributed by atoms with Gasteiger partial charge in [-0.1, -0.05) is 12.1 Å². The maximum absolute atomic E-state index is 12.0. The molecule has 106 valence electrons. The van der Waals surface area contributed by atoms with Crippen LogP contribution < -0.4 is 5.69 Å². The first-order chi connectivity index (χ1) is 9.45. The third kappa shape index (κ3) is 2.37. The largest absolute Gasteiger partial charge is 0.467 e. The second kappa shape index (κ2) is 5.34. The molecule has 0 aliphatic heterocycles. The van der Waals surface area contributed by atoms with Gasteiger partial charge in [0, 0.05) is 18.9 Å². The maximum atomic E-state index is 12.0. The Balaban J connectivity index is 2.50. The zero-order valence-corrected chi connectivity index (χ0v) is 11.5. The van der Waals surface area contributed by atoms with Gasteiger partial charge in [-0.3, -0.25) is 4.57 Å². The van der Waals surface area contributed by atoms with Crippen molar-refractivity contribution in [1.82, 2.24) is 9.13 Å². The molecule has 0 fully saturated rings. The first-order valence-corrected chi connectivity index (χ1v) is 6.07. The van der Waals surface area contributed by atoms with Crippen molar-refractivity contribution in [3.63, 3.8) is 0 Å². The summed E-state index contributed by atoms with van der Waals surface area (Å²) in [4.78, 5) is 23.4. The second-order valence-electron chi connectivity index (χ2n) is 4.52. The van der Waals surface area contributed by atoms with Crippen LogP contribution in [0.15, 0.2) is 35.3 Å². The minimum atomic E-state index is -1.36. The van der Waals surface area contributed by atoms with Gasteiger partial charge in [0.25, 0.3) is 0 Å². The van der Waals surface area contributed by atoms with E-state index >= 15 is 0 Å². The Hall–Kier alpha value is -2.34. The van der Waals surface area contributed by atoms with Crippen molar-refractivity contribution in [2.45, 2.75) is 13.0 Å². The Labute approximate surface area is 115 Å². The van der Waals surface area contributed by atoms with Gasteiger partial charge in [-0.2, -0.15) is 0 Å². The molecule has 0 radical (unpaired) electrons. The molecule has 0 bridgehead atoms. The van der Waals surface area contributed by atoms with Crippen LogP contribution in [0.5, 0.6) is 0 Å². The van der Waals surface area contributed by atoms with E-state index in [9.17, 15) is 14.7 Å². The van der Waals surface area contributed by atoms with E-state index in [4.69, 9.17) is 0 Å². The Kier molecular flexibility index (Phi) is 3.76. The highest BCUT2D eigenvalue weighted by Crippen LogP contribution is 2.18. The number of hydrogen-bond acceptors (Lipinski definition) is 4. The number of nitrogens with zero attached hydrogens (tertiary/aromatic N) is 2. The fourth-order valence-corrected chi connectivity index (χ4v) is 2.10. The fraction of sp³-hybridized carbons (Fsp3) is 0.286. The number of aryl methyl sites for hydroxylation is 2. The molecule has 0 aliphatic carbocycles. The molecule has 1 aromatic heterocycles. The maximum Gasteiger partial charge on any atom is 0.339 e. The lowest BCUT2D eigenvalue weighted by atomic mass is 10.1. The van der Waals surface area contributed by atoms with Crippen molar-refractivity contribution in [2.75, 3.05) is 7.11 Å². The van der Waals surface area contributed by atoms with Gasteiger partial charge in [-0.25, -0.2) is 9.59 Å². The Morgan fingerprint density at radius 2 is 2.10 bits per heavy atom. The minimum Gasteiger partial charge on any atom is -0.467 e. The highest BCUT2D eigenvalue weighted by Gasteiger charge is 2.18. The number of ether oxygens (including phenoxy) is 1. The smallest absolute Gasteiger partial charge is 0.339 e. The lowest BCUT2D eigenvalue weighted by Gasteiger charge is -2.11. The molecule has 0 amide bonds. The number of rotatable bonds is 3. The van der Waals surface area contributed by atoms with E-state index in [2.05, 4.69) is 4.74 Å². The minimum absolute atomic E-state index is 0.188. The lowest BCUT2D eigenvalue weighted by molar-refractivity contribution is -0.150. The number of imidazole rings is 1. The number of aliphatic hydroxyl groups excluding tert-OH is 1. The summed E-state index contributed by atoms with van der Waals surface area (Å²) in [6, 6.07) is 6.61. The predicted octanol–water partition coefficient (Wildman–Crippen LogP) is 0.691. The molecule has 1 atom stereocenters. The Morgan fingerprint density at radius 1 is 1.40 bits per heavy atom. The lowest BCUT2D eigenvalue weighted by Crippen LogP contribution is -2.21. The summed E-state index contributed by atoms with van der Waals surface area (Å²) in [5.41, 5.74) is 1.55. The Bertz CT molecular complexity index is 699. The number of esters is 1. The van der Waals surface area contributed by atoms with E-state index in [1.54, 1.807) is 37.5 Å². The molecule has 0 saturated heterocycles. The summed E-state index contributed by atoms with van der Waals surface area (Å²) in [6.45, 7) is 1.81. The van der Waals surface area contributed by atoms with Gasteiger partial charge in [0.05, 0.1) is 12.8 Å². The van der Waals surface area contributed by atoms with Crippen LogP contribution in [0, 0.1) is 6.92 Å². The zero-order chi connectivity index (χ0) is 14.9. The van der Waals surface area contributed by atoms with Crippen LogP contribution in [0.4, 0.5) is 0 Å². The van der Waals surface area contributed by atoms with Crippen LogP contribution >= 0.6 is 0 Å². The van der Waals surface area contributed by atoms with Gasteiger partial charge in [-0.05, 0) is 24.6 Å². The number of hydrogen-bond donors (Lipinski definition) is 1. The molecule has 2 aromatic rings. The van der Waals surface area contributed by atoms with Crippen molar-refractivity contribution < 1.29 is 14.6 Å². The monoisotopic (exact) mass is 276 g/mol. The highest BCUT2D eigenvalue weighted by molar-refractivity contribution is 5.76. The molecule has 1 heterocycles. The number of benzene rings is 1. The van der Waals surface area contributed by atoms with Gasteiger partial charge in [0.1, 0.15) is 0 Å². The van der Waals surface area contributed by atoms with E-state index in [1.165, 1.54) is 16.2 Å². The second-order valence-corrected chi connectivity index (χ2v) is 4.52. The van der Waals surface area contributed by atoms with Crippen LogP contribution in [-0.4, -0.2) is 27.3 Å². The zero-order valence-electron chi connectivity index (χ0n) is 11.5. The summed E-state index contributed by atoms with van der Waals surface area (Å²) in [5, 5.41) is 9.84. The number of carbonyl (C=O) groups is 1. The molecule has 0 saturated carbocycles. The molecule has 1 unspecified atom stereocenters. The van der Waals surface area contributed by atoms with Crippen LogP contribution in [0.1, 0.15) is 17.4 Å². The van der Waals surface area contributed by atoms with Crippen molar-refractivity contribution in [3.8, 4) is 5.69 Å². The highest BCUT2D eigenvalue weighted by atomic mass is 16.5.